The van der Waals surface area contributed by atoms with Gasteiger partial charge in [-0.2, -0.15) is 0 Å². The summed E-state index contributed by atoms with van der Waals surface area (Å²) in [5, 5.41) is 6.07. The number of nitrogens with one attached hydrogen (secondary N) is 2. The summed E-state index contributed by atoms with van der Waals surface area (Å²) in [5.74, 6) is 2.38. The minimum absolute atomic E-state index is 0.243. The van der Waals surface area contributed by atoms with E-state index < -0.39 is 0 Å². The van der Waals surface area contributed by atoms with E-state index in [2.05, 4.69) is 15.6 Å². The van der Waals surface area contributed by atoms with Crippen LogP contribution in [0.4, 0.5) is 11.5 Å². The van der Waals surface area contributed by atoms with Gasteiger partial charge in [-0.1, -0.05) is 12.1 Å². The van der Waals surface area contributed by atoms with E-state index >= 15 is 0 Å². The molecule has 0 saturated heterocycles. The molecule has 0 bridgehead atoms. The average Bonchev–Trinajstić information content (AvgIpc) is 3.21. The van der Waals surface area contributed by atoms with Crippen LogP contribution in [0, 0.1) is 0 Å². The zero-order chi connectivity index (χ0) is 19.3. The van der Waals surface area contributed by atoms with Gasteiger partial charge in [0.25, 0.3) is 5.91 Å². The fourth-order valence-electron chi connectivity index (χ4n) is 2.78. The predicted octanol–water partition coefficient (Wildman–Crippen LogP) is 3.68. The maximum atomic E-state index is 12.3. The Kier molecular flexibility index (Phi) is 4.97. The first-order chi connectivity index (χ1) is 13.7. The Labute approximate surface area is 162 Å². The number of ether oxygens (including phenoxy) is 3. The van der Waals surface area contributed by atoms with Gasteiger partial charge >= 0.3 is 0 Å². The number of benzene rings is 2. The number of hydrogen-bond acceptors (Lipinski definition) is 6. The van der Waals surface area contributed by atoms with Crippen LogP contribution in [0.3, 0.4) is 0 Å². The molecule has 0 unspecified atom stereocenters. The van der Waals surface area contributed by atoms with Gasteiger partial charge in [-0.15, -0.1) is 0 Å². The molecular weight excluding hydrogens is 358 g/mol. The Morgan fingerprint density at radius 3 is 2.82 bits per heavy atom. The highest BCUT2D eigenvalue weighted by Gasteiger charge is 2.13. The molecule has 142 valence electrons. The van der Waals surface area contributed by atoms with Gasteiger partial charge in [0.2, 0.25) is 6.79 Å². The number of carbonyl (C=O) groups is 1. The summed E-state index contributed by atoms with van der Waals surface area (Å²) in [6.07, 6.45) is 1.67. The van der Waals surface area contributed by atoms with Crippen molar-refractivity contribution in [3.8, 4) is 17.2 Å². The molecule has 1 amide bonds. The summed E-state index contributed by atoms with van der Waals surface area (Å²) in [7, 11) is 1.56. The second-order valence-corrected chi connectivity index (χ2v) is 6.16. The lowest BCUT2D eigenvalue weighted by atomic mass is 10.2. The first-order valence-electron chi connectivity index (χ1n) is 8.75. The van der Waals surface area contributed by atoms with Crippen molar-refractivity contribution >= 4 is 17.4 Å². The van der Waals surface area contributed by atoms with Gasteiger partial charge in [0.05, 0.1) is 19.0 Å². The number of amides is 1. The molecule has 3 aromatic rings. The normalized spacial score (nSPS) is 11.8. The second-order valence-electron chi connectivity index (χ2n) is 6.16. The zero-order valence-electron chi connectivity index (χ0n) is 15.3. The molecule has 1 aromatic heterocycles. The van der Waals surface area contributed by atoms with Crippen LogP contribution in [0.15, 0.2) is 60.8 Å². The third-order valence-corrected chi connectivity index (χ3v) is 4.27. The highest BCUT2D eigenvalue weighted by Crippen LogP contribution is 2.32. The highest BCUT2D eigenvalue weighted by atomic mass is 16.7. The number of methoxy groups -OCH3 is 1. The van der Waals surface area contributed by atoms with Crippen LogP contribution in [-0.2, 0) is 6.54 Å². The maximum Gasteiger partial charge on any atom is 0.256 e. The van der Waals surface area contributed by atoms with Crippen molar-refractivity contribution in [2.75, 3.05) is 24.5 Å². The van der Waals surface area contributed by atoms with Crippen LogP contribution in [0.2, 0.25) is 0 Å². The van der Waals surface area contributed by atoms with Gasteiger partial charge in [-0.05, 0) is 48.0 Å². The van der Waals surface area contributed by atoms with Crippen molar-refractivity contribution in [1.82, 2.24) is 4.98 Å². The number of rotatable bonds is 6. The Morgan fingerprint density at radius 1 is 1.11 bits per heavy atom. The van der Waals surface area contributed by atoms with Crippen LogP contribution in [0.25, 0.3) is 0 Å². The summed E-state index contributed by atoms with van der Waals surface area (Å²) >= 11 is 0. The molecule has 7 nitrogen and oxygen atoms in total. The Bertz CT molecular complexity index is 989. The largest absolute Gasteiger partial charge is 0.497 e. The smallest absolute Gasteiger partial charge is 0.256 e. The number of fused-ring (bicyclic) bond motifs is 1. The van der Waals surface area contributed by atoms with Gasteiger partial charge in [0.1, 0.15) is 11.6 Å². The lowest BCUT2D eigenvalue weighted by Gasteiger charge is -2.09. The molecule has 1 aliphatic rings. The highest BCUT2D eigenvalue weighted by molar-refractivity contribution is 6.04. The van der Waals surface area contributed by atoms with Crippen molar-refractivity contribution in [2.24, 2.45) is 0 Å². The van der Waals surface area contributed by atoms with Crippen molar-refractivity contribution in [1.29, 1.82) is 0 Å². The Hall–Kier alpha value is -3.74. The second kappa shape index (κ2) is 7.87. The fourth-order valence-corrected chi connectivity index (χ4v) is 2.78. The first-order valence-corrected chi connectivity index (χ1v) is 8.75. The third-order valence-electron chi connectivity index (χ3n) is 4.27. The molecule has 2 N–H and O–H groups in total. The topological polar surface area (TPSA) is 81.7 Å². The lowest BCUT2D eigenvalue weighted by Crippen LogP contribution is -2.13. The lowest BCUT2D eigenvalue weighted by molar-refractivity contribution is 0.102. The predicted molar refractivity (Wildman–Crippen MR) is 105 cm³/mol. The van der Waals surface area contributed by atoms with Crippen LogP contribution in [-0.4, -0.2) is 24.8 Å². The first kappa shape index (κ1) is 17.7. The average molecular weight is 377 g/mol. The minimum Gasteiger partial charge on any atom is -0.497 e. The molecular formula is C21H19N3O4. The fraction of sp³-hybridized carbons (Fsp3) is 0.143. The molecule has 0 spiro atoms. The van der Waals surface area contributed by atoms with Crippen LogP contribution < -0.4 is 24.8 Å². The van der Waals surface area contributed by atoms with Crippen molar-refractivity contribution in [3.05, 3.63) is 71.9 Å². The van der Waals surface area contributed by atoms with Gasteiger partial charge in [0.15, 0.2) is 11.5 Å². The minimum atomic E-state index is -0.243. The molecule has 28 heavy (non-hydrogen) atoms. The standard InChI is InChI=1S/C21H19N3O4/c1-26-17-4-2-3-15(10-17)21(25)24-20-8-6-16(12-23-20)22-11-14-5-7-18-19(9-14)28-13-27-18/h2-10,12,22H,11,13H2,1H3,(H,23,24,25). The van der Waals surface area contributed by atoms with Crippen molar-refractivity contribution < 1.29 is 19.0 Å². The van der Waals surface area contributed by atoms with Crippen LogP contribution >= 0.6 is 0 Å². The van der Waals surface area contributed by atoms with E-state index in [1.807, 2.05) is 24.3 Å². The van der Waals surface area contributed by atoms with E-state index in [1.54, 1.807) is 43.6 Å². The van der Waals surface area contributed by atoms with E-state index in [0.29, 0.717) is 23.7 Å². The number of anilines is 2. The van der Waals surface area contributed by atoms with E-state index in [0.717, 1.165) is 22.7 Å². The molecule has 1 aliphatic heterocycles. The molecule has 2 heterocycles. The van der Waals surface area contributed by atoms with Gasteiger partial charge < -0.3 is 24.8 Å². The van der Waals surface area contributed by atoms with Crippen molar-refractivity contribution in [3.63, 3.8) is 0 Å². The summed E-state index contributed by atoms with van der Waals surface area (Å²) in [6.45, 7) is 0.882. The molecule has 0 radical (unpaired) electrons. The zero-order valence-corrected chi connectivity index (χ0v) is 15.3. The molecule has 0 fully saturated rings. The van der Waals surface area contributed by atoms with E-state index in [1.165, 1.54) is 0 Å². The maximum absolute atomic E-state index is 12.3. The van der Waals surface area contributed by atoms with E-state index in [9.17, 15) is 4.79 Å². The number of pyridine rings is 1. The molecule has 0 saturated carbocycles. The van der Waals surface area contributed by atoms with Crippen molar-refractivity contribution in [2.45, 2.75) is 6.54 Å². The van der Waals surface area contributed by atoms with E-state index in [-0.39, 0.29) is 12.7 Å². The quantitative estimate of drug-likeness (QED) is 0.682. The molecule has 0 atom stereocenters. The Morgan fingerprint density at radius 2 is 2.00 bits per heavy atom. The molecule has 2 aromatic carbocycles. The van der Waals surface area contributed by atoms with Crippen LogP contribution in [0.5, 0.6) is 17.2 Å². The van der Waals surface area contributed by atoms with Crippen LogP contribution in [0.1, 0.15) is 15.9 Å². The molecule has 7 heteroatoms. The van der Waals surface area contributed by atoms with Gasteiger partial charge in [-0.3, -0.25) is 4.79 Å². The summed E-state index contributed by atoms with van der Waals surface area (Å²) in [6, 6.07) is 16.4. The third kappa shape index (κ3) is 3.98. The van der Waals surface area contributed by atoms with E-state index in [4.69, 9.17) is 14.2 Å². The Balaban J connectivity index is 1.35. The summed E-state index contributed by atoms with van der Waals surface area (Å²) in [5.41, 5.74) is 2.42. The van der Waals surface area contributed by atoms with Gasteiger partial charge in [-0.25, -0.2) is 4.98 Å². The molecule has 4 rings (SSSR count). The molecule has 0 aliphatic carbocycles. The van der Waals surface area contributed by atoms with Gasteiger partial charge in [0, 0.05) is 12.1 Å². The number of carbonyl (C=O) groups excluding carboxylic acids is 1. The number of hydrogen-bond donors (Lipinski definition) is 2. The summed E-state index contributed by atoms with van der Waals surface area (Å²) < 4.78 is 15.8. The number of nitrogens with zero attached hydrogens (tertiary/aromatic N) is 1. The summed E-state index contributed by atoms with van der Waals surface area (Å²) in [4.78, 5) is 16.6. The SMILES string of the molecule is COc1cccc(C(=O)Nc2ccc(NCc3ccc4c(c3)OCO4)cn2)c1. The number of aromatic nitrogens is 1. The monoisotopic (exact) mass is 377 g/mol.